The molecule has 1 aromatic carbocycles. The molecule has 1 rings (SSSR count). The van der Waals surface area contributed by atoms with Gasteiger partial charge in [-0.3, -0.25) is 0 Å². The zero-order valence-electron chi connectivity index (χ0n) is 7.38. The average molecular weight is 179 g/mol. The Morgan fingerprint density at radius 3 is 2.92 bits per heavy atom. The molecule has 0 heterocycles. The van der Waals surface area contributed by atoms with E-state index < -0.39 is 0 Å². The molecule has 0 unspecified atom stereocenters. The van der Waals surface area contributed by atoms with Gasteiger partial charge < -0.3 is 0 Å². The minimum atomic E-state index is -0.235. The Morgan fingerprint density at radius 1 is 1.54 bits per heavy atom. The van der Waals surface area contributed by atoms with Crippen molar-refractivity contribution in [3.05, 3.63) is 35.1 Å². The standard InChI is InChI=1S/C10H10FNO/c1-8-3-2-4-10(11)9(8)5-6-12-7-13/h2-4H,5-6H2,1H3. The van der Waals surface area contributed by atoms with Crippen LogP contribution in [-0.4, -0.2) is 12.6 Å². The van der Waals surface area contributed by atoms with E-state index in [2.05, 4.69) is 4.99 Å². The molecule has 0 aliphatic rings. The van der Waals surface area contributed by atoms with Crippen molar-refractivity contribution in [3.63, 3.8) is 0 Å². The molecule has 13 heavy (non-hydrogen) atoms. The summed E-state index contributed by atoms with van der Waals surface area (Å²) >= 11 is 0. The molecule has 0 bridgehead atoms. The van der Waals surface area contributed by atoms with Gasteiger partial charge in [0.2, 0.25) is 6.08 Å². The second kappa shape index (κ2) is 4.53. The quantitative estimate of drug-likeness (QED) is 0.515. The molecule has 0 aromatic heterocycles. The fourth-order valence-corrected chi connectivity index (χ4v) is 1.20. The highest BCUT2D eigenvalue weighted by Crippen LogP contribution is 2.12. The predicted octanol–water partition coefficient (Wildman–Crippen LogP) is 2.01. The summed E-state index contributed by atoms with van der Waals surface area (Å²) in [6.07, 6.45) is 1.88. The van der Waals surface area contributed by atoms with Crippen molar-refractivity contribution in [2.45, 2.75) is 13.3 Å². The molecule has 1 aromatic rings. The van der Waals surface area contributed by atoms with Crippen LogP contribution < -0.4 is 0 Å². The van der Waals surface area contributed by atoms with E-state index in [-0.39, 0.29) is 5.82 Å². The maximum absolute atomic E-state index is 13.1. The summed E-state index contributed by atoms with van der Waals surface area (Å²) in [6.45, 7) is 2.13. The number of isocyanates is 1. The Kier molecular flexibility index (Phi) is 3.35. The fourth-order valence-electron chi connectivity index (χ4n) is 1.20. The highest BCUT2D eigenvalue weighted by Gasteiger charge is 2.03. The van der Waals surface area contributed by atoms with E-state index in [4.69, 9.17) is 0 Å². The fraction of sp³-hybridized carbons (Fsp3) is 0.300. The van der Waals surface area contributed by atoms with Crippen molar-refractivity contribution < 1.29 is 9.18 Å². The van der Waals surface area contributed by atoms with Crippen LogP contribution in [0.3, 0.4) is 0 Å². The van der Waals surface area contributed by atoms with E-state index in [0.717, 1.165) is 5.56 Å². The Balaban J connectivity index is 2.80. The van der Waals surface area contributed by atoms with E-state index in [9.17, 15) is 9.18 Å². The molecule has 3 heteroatoms. The van der Waals surface area contributed by atoms with Gasteiger partial charge in [-0.15, -0.1) is 0 Å². The van der Waals surface area contributed by atoms with E-state index in [1.807, 2.05) is 13.0 Å². The molecule has 68 valence electrons. The van der Waals surface area contributed by atoms with Crippen molar-refractivity contribution in [1.29, 1.82) is 0 Å². The Hall–Kier alpha value is -1.47. The highest BCUT2D eigenvalue weighted by molar-refractivity contribution is 5.33. The first kappa shape index (κ1) is 9.62. The minimum Gasteiger partial charge on any atom is -0.211 e. The number of carbonyl (C=O) groups excluding carboxylic acids is 1. The number of hydrogen-bond donors (Lipinski definition) is 0. The molecule has 0 spiro atoms. The van der Waals surface area contributed by atoms with Gasteiger partial charge in [-0.25, -0.2) is 14.2 Å². The molecule has 0 atom stereocenters. The van der Waals surface area contributed by atoms with Gasteiger partial charge in [-0.2, -0.15) is 0 Å². The van der Waals surface area contributed by atoms with Crippen LogP contribution in [0.25, 0.3) is 0 Å². The molecule has 0 aliphatic carbocycles. The van der Waals surface area contributed by atoms with Gasteiger partial charge in [0.25, 0.3) is 0 Å². The first-order chi connectivity index (χ1) is 6.25. The lowest BCUT2D eigenvalue weighted by molar-refractivity contribution is 0.562. The lowest BCUT2D eigenvalue weighted by atomic mass is 10.1. The highest BCUT2D eigenvalue weighted by atomic mass is 19.1. The second-order valence-corrected chi connectivity index (χ2v) is 2.76. The predicted molar refractivity (Wildman–Crippen MR) is 47.8 cm³/mol. The van der Waals surface area contributed by atoms with Crippen LogP contribution in [0.1, 0.15) is 11.1 Å². The topological polar surface area (TPSA) is 29.4 Å². The van der Waals surface area contributed by atoms with E-state index in [1.54, 1.807) is 6.07 Å². The summed E-state index contributed by atoms with van der Waals surface area (Å²) in [6, 6.07) is 4.91. The van der Waals surface area contributed by atoms with Gasteiger partial charge in [-0.05, 0) is 30.5 Å². The number of hydrogen-bond acceptors (Lipinski definition) is 2. The minimum absolute atomic E-state index is 0.235. The van der Waals surface area contributed by atoms with Crippen LogP contribution in [0.4, 0.5) is 4.39 Å². The van der Waals surface area contributed by atoms with Crippen LogP contribution in [-0.2, 0) is 11.2 Å². The summed E-state index contributed by atoms with van der Waals surface area (Å²) < 4.78 is 13.1. The van der Waals surface area contributed by atoms with Crippen molar-refractivity contribution in [3.8, 4) is 0 Å². The van der Waals surface area contributed by atoms with Gasteiger partial charge >= 0.3 is 0 Å². The zero-order valence-corrected chi connectivity index (χ0v) is 7.38. The molecule has 2 nitrogen and oxygen atoms in total. The maximum Gasteiger partial charge on any atom is 0.234 e. The van der Waals surface area contributed by atoms with Crippen LogP contribution in [0, 0.1) is 12.7 Å². The molecule has 0 aliphatic heterocycles. The lowest BCUT2D eigenvalue weighted by Gasteiger charge is -2.03. The molecular weight excluding hydrogens is 169 g/mol. The normalized spacial score (nSPS) is 9.38. The molecule has 0 amide bonds. The summed E-state index contributed by atoms with van der Waals surface area (Å²) in [7, 11) is 0. The second-order valence-electron chi connectivity index (χ2n) is 2.76. The summed E-state index contributed by atoms with van der Waals surface area (Å²) in [5.74, 6) is -0.235. The van der Waals surface area contributed by atoms with Crippen LogP contribution >= 0.6 is 0 Å². The third-order valence-electron chi connectivity index (χ3n) is 1.89. The van der Waals surface area contributed by atoms with Crippen molar-refractivity contribution >= 4 is 6.08 Å². The Morgan fingerprint density at radius 2 is 2.31 bits per heavy atom. The van der Waals surface area contributed by atoms with E-state index in [0.29, 0.717) is 18.5 Å². The first-order valence-corrected chi connectivity index (χ1v) is 4.03. The number of nitrogens with zero attached hydrogens (tertiary/aromatic N) is 1. The molecule has 0 radical (unpaired) electrons. The average Bonchev–Trinajstić information content (AvgIpc) is 2.10. The Bertz CT molecular complexity index is 323. The van der Waals surface area contributed by atoms with Crippen molar-refractivity contribution in [2.24, 2.45) is 4.99 Å². The number of halogens is 1. The molecular formula is C10H10FNO. The van der Waals surface area contributed by atoms with Crippen LogP contribution in [0.15, 0.2) is 23.2 Å². The van der Waals surface area contributed by atoms with E-state index in [1.165, 1.54) is 12.1 Å². The van der Waals surface area contributed by atoms with Crippen LogP contribution in [0.2, 0.25) is 0 Å². The van der Waals surface area contributed by atoms with Gasteiger partial charge in [0.05, 0.1) is 6.54 Å². The van der Waals surface area contributed by atoms with Gasteiger partial charge in [-0.1, -0.05) is 12.1 Å². The number of rotatable bonds is 3. The van der Waals surface area contributed by atoms with Gasteiger partial charge in [0.15, 0.2) is 0 Å². The van der Waals surface area contributed by atoms with Crippen molar-refractivity contribution in [2.75, 3.05) is 6.54 Å². The lowest BCUT2D eigenvalue weighted by Crippen LogP contribution is -1.96. The maximum atomic E-state index is 13.1. The third kappa shape index (κ3) is 2.49. The Labute approximate surface area is 76.1 Å². The summed E-state index contributed by atoms with van der Waals surface area (Å²) in [5.41, 5.74) is 1.52. The number of benzene rings is 1. The summed E-state index contributed by atoms with van der Waals surface area (Å²) in [5, 5.41) is 0. The zero-order chi connectivity index (χ0) is 9.68. The molecule has 0 N–H and O–H groups in total. The molecule has 0 saturated carbocycles. The van der Waals surface area contributed by atoms with Crippen LogP contribution in [0.5, 0.6) is 0 Å². The number of aryl methyl sites for hydroxylation is 1. The monoisotopic (exact) mass is 179 g/mol. The number of aliphatic imine (C=N–C) groups is 1. The summed E-state index contributed by atoms with van der Waals surface area (Å²) in [4.78, 5) is 13.2. The SMILES string of the molecule is Cc1cccc(F)c1CCN=C=O. The smallest absolute Gasteiger partial charge is 0.211 e. The van der Waals surface area contributed by atoms with Gasteiger partial charge in [0, 0.05) is 0 Å². The largest absolute Gasteiger partial charge is 0.234 e. The van der Waals surface area contributed by atoms with E-state index >= 15 is 0 Å². The molecule has 0 fully saturated rings. The first-order valence-electron chi connectivity index (χ1n) is 4.03. The molecule has 0 saturated heterocycles. The third-order valence-corrected chi connectivity index (χ3v) is 1.89. The van der Waals surface area contributed by atoms with Crippen molar-refractivity contribution in [1.82, 2.24) is 0 Å². The van der Waals surface area contributed by atoms with Gasteiger partial charge in [0.1, 0.15) is 5.82 Å².